The number of nitrogens with two attached hydrogens (primary N) is 2. The maximum Gasteiger partial charge on any atom is 0.478 e. The molecule has 62 heavy (non-hydrogen) atoms. The number of carbonyl (C=O) groups is 2. The first-order valence-corrected chi connectivity index (χ1v) is 22.5. The summed E-state index contributed by atoms with van der Waals surface area (Å²) >= 11 is 0. The Bertz CT molecular complexity index is 2230. The number of imidazole rings is 2. The third-order valence-electron chi connectivity index (χ3n) is 11.4. The van der Waals surface area contributed by atoms with E-state index >= 15 is 8.78 Å². The largest absolute Gasteiger partial charge is 0.478 e. The molecule has 4 aromatic rings. The Hall–Kier alpha value is -4.32. The zero-order valence-corrected chi connectivity index (χ0v) is 36.4. The van der Waals surface area contributed by atoms with Crippen LogP contribution in [0.5, 0.6) is 0 Å². The van der Waals surface area contributed by atoms with Gasteiger partial charge in [-0.2, -0.15) is 0 Å². The first-order chi connectivity index (χ1) is 29.3. The second kappa shape index (κ2) is 17.7. The molecule has 1 saturated carbocycles. The Labute approximate surface area is 353 Å². The molecule has 7 rings (SSSR count). The highest BCUT2D eigenvalue weighted by Gasteiger charge is 2.55. The van der Waals surface area contributed by atoms with Crippen molar-refractivity contribution in [1.82, 2.24) is 39.0 Å². The summed E-state index contributed by atoms with van der Waals surface area (Å²) in [7, 11) is -10.1. The van der Waals surface area contributed by atoms with Gasteiger partial charge in [0.25, 0.3) is 0 Å². The Balaban J connectivity index is 1.24. The summed E-state index contributed by atoms with van der Waals surface area (Å²) in [5, 5.41) is 0. The molecule has 0 amide bonds. The van der Waals surface area contributed by atoms with E-state index in [0.717, 1.165) is 6.33 Å². The van der Waals surface area contributed by atoms with Crippen molar-refractivity contribution in [2.24, 2.45) is 16.7 Å². The average molecular weight is 917 g/mol. The van der Waals surface area contributed by atoms with Crippen molar-refractivity contribution in [3.8, 4) is 0 Å². The summed E-state index contributed by atoms with van der Waals surface area (Å²) in [5.74, 6) is -2.58. The Kier molecular flexibility index (Phi) is 13.0. The number of nitrogens with zero attached hydrogens (tertiary/aromatic N) is 8. The Morgan fingerprint density at radius 1 is 0.758 bits per heavy atom. The molecule has 6 heterocycles. The summed E-state index contributed by atoms with van der Waals surface area (Å²) in [6, 6.07) is -1.16. The van der Waals surface area contributed by atoms with Gasteiger partial charge in [0.1, 0.15) is 48.2 Å². The van der Waals surface area contributed by atoms with E-state index in [4.69, 9.17) is 52.8 Å². The molecular formula is C35H48F2N10O13P2. The lowest BCUT2D eigenvalue weighted by molar-refractivity contribution is -0.162. The van der Waals surface area contributed by atoms with Gasteiger partial charge in [0.2, 0.25) is 13.6 Å². The van der Waals surface area contributed by atoms with Crippen LogP contribution in [0.3, 0.4) is 0 Å². The maximum absolute atomic E-state index is 17.0. The van der Waals surface area contributed by atoms with Gasteiger partial charge in [-0.3, -0.25) is 32.3 Å². The zero-order chi connectivity index (χ0) is 44.8. The lowest BCUT2D eigenvalue weighted by Gasteiger charge is -2.31. The molecular weight excluding hydrogens is 868 g/mol. The van der Waals surface area contributed by atoms with Gasteiger partial charge >= 0.3 is 27.6 Å². The van der Waals surface area contributed by atoms with Gasteiger partial charge in [-0.15, -0.1) is 0 Å². The van der Waals surface area contributed by atoms with Gasteiger partial charge in [0, 0.05) is 5.92 Å². The number of carbonyl (C=O) groups excluding carboxylic acids is 2. The van der Waals surface area contributed by atoms with Crippen LogP contribution in [0.25, 0.3) is 22.3 Å². The van der Waals surface area contributed by atoms with Crippen LogP contribution in [-0.2, 0) is 60.1 Å². The van der Waals surface area contributed by atoms with E-state index in [1.54, 1.807) is 41.5 Å². The van der Waals surface area contributed by atoms with Crippen molar-refractivity contribution < 1.29 is 68.9 Å². The second-order valence-corrected chi connectivity index (χ2v) is 19.4. The molecule has 0 radical (unpaired) electrons. The van der Waals surface area contributed by atoms with E-state index in [1.807, 2.05) is 0 Å². The highest BCUT2D eigenvalue weighted by Crippen LogP contribution is 2.59. The molecule has 3 fully saturated rings. The van der Waals surface area contributed by atoms with E-state index < -0.39 is 114 Å². The molecule has 0 aromatic carbocycles. The van der Waals surface area contributed by atoms with Gasteiger partial charge in [-0.1, -0.05) is 13.8 Å². The number of aromatic nitrogens is 8. The molecule has 4 N–H and O–H groups in total. The number of nitrogen functional groups attached to an aromatic ring is 2. The monoisotopic (exact) mass is 916 g/mol. The van der Waals surface area contributed by atoms with Crippen LogP contribution >= 0.6 is 15.6 Å². The number of anilines is 2. The van der Waals surface area contributed by atoms with Crippen LogP contribution < -0.4 is 11.5 Å². The van der Waals surface area contributed by atoms with Crippen LogP contribution in [-0.4, -0.2) is 108 Å². The average Bonchev–Trinajstić information content (AvgIpc) is 4.01. The van der Waals surface area contributed by atoms with Gasteiger partial charge in [0.15, 0.2) is 35.3 Å². The fourth-order valence-corrected chi connectivity index (χ4v) is 9.39. The number of phosphoric acid groups is 2. The number of rotatable bonds is 12. The van der Waals surface area contributed by atoms with Gasteiger partial charge in [0.05, 0.1) is 42.7 Å². The van der Waals surface area contributed by atoms with Crippen molar-refractivity contribution >= 4 is 61.5 Å². The molecule has 2 aliphatic heterocycles. The van der Waals surface area contributed by atoms with Crippen LogP contribution in [0.15, 0.2) is 25.3 Å². The lowest BCUT2D eigenvalue weighted by atomic mass is 9.91. The standard InChI is InChI=1S/C35H48F2N10O13P2/c1-7-34(3,4)32(48)52-16-56-61(50)54-10-18-9-19(46-14-44-23-27(38)40-12-42-29(23)46)21(36)25(18)59-62(51,57-17-53-33(49)35(5,6)8-2)55-11-20-26(60-61)22(37)31(58-20)47-15-45-24-28(39)41-13-43-30(24)47/h12-15,18-22,25-26,31H,7-11,16-17H2,1-6H3,(H2,38,40,42)(H2,39,41,43)/t18-,19-,20-,21?,22?,25?,26?,31-,61?,62?/m1/s1. The number of phosphoric ester groups is 2. The lowest BCUT2D eigenvalue weighted by Crippen LogP contribution is -2.36. The number of esters is 2. The summed E-state index contributed by atoms with van der Waals surface area (Å²) in [6.45, 7) is 6.49. The highest BCUT2D eigenvalue weighted by molar-refractivity contribution is 7.48. The molecule has 340 valence electrons. The zero-order valence-electron chi connectivity index (χ0n) is 34.6. The van der Waals surface area contributed by atoms with Crippen LogP contribution in [0.4, 0.5) is 20.4 Å². The van der Waals surface area contributed by atoms with E-state index in [-0.39, 0.29) is 40.4 Å². The molecule has 27 heteroatoms. The van der Waals surface area contributed by atoms with E-state index in [0.29, 0.717) is 12.8 Å². The Morgan fingerprint density at radius 2 is 1.26 bits per heavy atom. The van der Waals surface area contributed by atoms with Crippen molar-refractivity contribution in [3.63, 3.8) is 0 Å². The fourth-order valence-electron chi connectivity index (χ4n) is 6.79. The van der Waals surface area contributed by atoms with Gasteiger partial charge in [-0.05, 0) is 47.0 Å². The topological polar surface area (TPSA) is 291 Å². The SMILES string of the molecule is CCC(C)(C)C(=O)OCOP1(=O)OC[C@H]2O[C@@H](n3cnc4c(N)ncnc43)C(F)C2OP(=O)(OCOC(=O)C(C)(C)CC)OC[C@H]2C[C@@H](n3cnc4c(N)ncnc43)C(F)C2O1. The summed E-state index contributed by atoms with van der Waals surface area (Å²) < 4.78 is 117. The molecule has 4 aromatic heterocycles. The number of hydrogen-bond donors (Lipinski definition) is 2. The number of hydrogen-bond acceptors (Lipinski definition) is 21. The summed E-state index contributed by atoms with van der Waals surface area (Å²) in [5.41, 5.74) is 10.5. The van der Waals surface area contributed by atoms with Crippen molar-refractivity contribution in [1.29, 1.82) is 0 Å². The van der Waals surface area contributed by atoms with Gasteiger partial charge in [-0.25, -0.2) is 56.9 Å². The second-order valence-electron chi connectivity index (χ2n) is 16.1. The molecule has 0 spiro atoms. The van der Waals surface area contributed by atoms with E-state index in [9.17, 15) is 18.7 Å². The van der Waals surface area contributed by atoms with Gasteiger partial charge < -0.3 is 30.2 Å². The number of fused-ring (bicyclic) bond motifs is 4. The summed E-state index contributed by atoms with van der Waals surface area (Å²) in [6.07, 6.45) is -5.88. The smallest absolute Gasteiger partial charge is 0.437 e. The molecule has 6 unspecified atom stereocenters. The number of alkyl halides is 2. The Morgan fingerprint density at radius 3 is 1.81 bits per heavy atom. The van der Waals surface area contributed by atoms with Crippen molar-refractivity contribution in [2.45, 2.75) is 104 Å². The third-order valence-corrected chi connectivity index (χ3v) is 14.2. The van der Waals surface area contributed by atoms with Crippen LogP contribution in [0, 0.1) is 16.7 Å². The molecule has 23 nitrogen and oxygen atoms in total. The molecule has 1 aliphatic carbocycles. The first-order valence-electron chi connectivity index (χ1n) is 19.6. The predicted molar refractivity (Wildman–Crippen MR) is 209 cm³/mol. The summed E-state index contributed by atoms with van der Waals surface area (Å²) in [4.78, 5) is 50.2. The third kappa shape index (κ3) is 9.04. The maximum atomic E-state index is 17.0. The first kappa shape index (κ1) is 45.7. The quantitative estimate of drug-likeness (QED) is 0.108. The minimum absolute atomic E-state index is 0.0174. The highest BCUT2D eigenvalue weighted by atomic mass is 31.2. The van der Waals surface area contributed by atoms with Crippen molar-refractivity contribution in [3.05, 3.63) is 25.3 Å². The van der Waals surface area contributed by atoms with Crippen LogP contribution in [0.1, 0.15) is 73.1 Å². The van der Waals surface area contributed by atoms with E-state index in [2.05, 4.69) is 29.9 Å². The molecule has 2 saturated heterocycles. The minimum atomic E-state index is -5.04. The fraction of sp³-hybridized carbons (Fsp3) is 0.657. The number of halogens is 2. The molecule has 3 aliphatic rings. The normalized spacial score (nSPS) is 31.0. The molecule has 10 atom stereocenters. The van der Waals surface area contributed by atoms with E-state index in [1.165, 1.54) is 28.1 Å². The molecule has 0 bridgehead atoms. The number of ether oxygens (including phenoxy) is 3. The predicted octanol–water partition coefficient (Wildman–Crippen LogP) is 4.91. The minimum Gasteiger partial charge on any atom is -0.437 e. The van der Waals surface area contributed by atoms with Crippen LogP contribution in [0.2, 0.25) is 0 Å². The van der Waals surface area contributed by atoms with Crippen molar-refractivity contribution in [2.75, 3.05) is 38.3 Å².